The van der Waals surface area contributed by atoms with Crippen LogP contribution in [0.4, 0.5) is 5.69 Å². The first kappa shape index (κ1) is 20.3. The zero-order chi connectivity index (χ0) is 19.9. The fourth-order valence-electron chi connectivity index (χ4n) is 3.25. The maximum atomic E-state index is 12.4. The van der Waals surface area contributed by atoms with Crippen LogP contribution in [-0.4, -0.2) is 64.3 Å². The Labute approximate surface area is 171 Å². The third-order valence-electron chi connectivity index (χ3n) is 4.89. The molecule has 0 radical (unpaired) electrons. The minimum absolute atomic E-state index is 0.128. The van der Waals surface area contributed by atoms with Crippen LogP contribution in [0.2, 0.25) is 5.02 Å². The van der Waals surface area contributed by atoms with Crippen molar-refractivity contribution in [2.75, 3.05) is 58.4 Å². The lowest BCUT2D eigenvalue weighted by Crippen LogP contribution is -2.48. The van der Waals surface area contributed by atoms with E-state index in [1.54, 1.807) is 32.4 Å². The van der Waals surface area contributed by atoms with Gasteiger partial charge < -0.3 is 19.7 Å². The highest BCUT2D eigenvalue weighted by Gasteiger charge is 2.17. The number of piperazine rings is 1. The van der Waals surface area contributed by atoms with Gasteiger partial charge in [-0.25, -0.2) is 0 Å². The van der Waals surface area contributed by atoms with E-state index in [4.69, 9.17) is 21.1 Å². The molecule has 2 aromatic carbocycles. The third kappa shape index (κ3) is 5.30. The number of benzene rings is 2. The number of carbonyl (C=O) groups is 1. The molecule has 1 amide bonds. The van der Waals surface area contributed by atoms with Gasteiger partial charge in [-0.3, -0.25) is 9.69 Å². The zero-order valence-electron chi connectivity index (χ0n) is 16.3. The molecule has 0 saturated carbocycles. The topological polar surface area (TPSA) is 54.0 Å². The maximum absolute atomic E-state index is 12.4. The second-order valence-corrected chi connectivity index (χ2v) is 7.10. The molecule has 150 valence electrons. The van der Waals surface area contributed by atoms with Gasteiger partial charge in [0.05, 0.1) is 14.2 Å². The van der Waals surface area contributed by atoms with E-state index < -0.39 is 0 Å². The summed E-state index contributed by atoms with van der Waals surface area (Å²) in [6.45, 7) is 5.27. The minimum atomic E-state index is -0.128. The number of amides is 1. The molecule has 0 aromatic heterocycles. The van der Waals surface area contributed by atoms with Crippen LogP contribution in [0.1, 0.15) is 10.4 Å². The summed E-state index contributed by atoms with van der Waals surface area (Å²) in [7, 11) is 3.14. The zero-order valence-corrected chi connectivity index (χ0v) is 17.0. The van der Waals surface area contributed by atoms with Crippen molar-refractivity contribution in [3.8, 4) is 11.5 Å². The Morgan fingerprint density at radius 2 is 1.61 bits per heavy atom. The Morgan fingerprint density at radius 1 is 1.00 bits per heavy atom. The molecule has 0 atom stereocenters. The molecule has 0 aliphatic carbocycles. The molecular weight excluding hydrogens is 378 g/mol. The Kier molecular flexibility index (Phi) is 7.01. The molecule has 6 nitrogen and oxygen atoms in total. The molecule has 1 N–H and O–H groups in total. The van der Waals surface area contributed by atoms with Gasteiger partial charge in [0, 0.05) is 61.6 Å². The van der Waals surface area contributed by atoms with E-state index in [9.17, 15) is 4.79 Å². The predicted octanol–water partition coefficient (Wildman–Crippen LogP) is 2.91. The number of carbonyl (C=O) groups excluding carboxylic acids is 1. The number of hydrogen-bond acceptors (Lipinski definition) is 5. The van der Waals surface area contributed by atoms with Crippen LogP contribution in [0.3, 0.4) is 0 Å². The monoisotopic (exact) mass is 403 g/mol. The number of methoxy groups -OCH3 is 2. The molecule has 1 aliphatic rings. The number of nitrogens with zero attached hydrogens (tertiary/aromatic N) is 2. The normalized spacial score (nSPS) is 14.6. The van der Waals surface area contributed by atoms with Gasteiger partial charge in [-0.15, -0.1) is 0 Å². The van der Waals surface area contributed by atoms with Crippen molar-refractivity contribution in [3.05, 3.63) is 53.1 Å². The van der Waals surface area contributed by atoms with E-state index >= 15 is 0 Å². The van der Waals surface area contributed by atoms with Gasteiger partial charge in [0.1, 0.15) is 11.5 Å². The summed E-state index contributed by atoms with van der Waals surface area (Å²) in [5, 5.41) is 3.73. The Bertz CT molecular complexity index is 768. The SMILES string of the molecule is COc1cc(OC)cc(C(=O)NCCN2CCN(c3ccc(Cl)cc3)CC2)c1. The van der Waals surface area contributed by atoms with Gasteiger partial charge in [0.2, 0.25) is 0 Å². The van der Waals surface area contributed by atoms with E-state index in [1.807, 2.05) is 12.1 Å². The van der Waals surface area contributed by atoms with Crippen LogP contribution < -0.4 is 19.7 Å². The lowest BCUT2D eigenvalue weighted by Gasteiger charge is -2.36. The predicted molar refractivity (Wildman–Crippen MR) is 112 cm³/mol. The summed E-state index contributed by atoms with van der Waals surface area (Å²) >= 11 is 5.96. The van der Waals surface area contributed by atoms with Crippen LogP contribution in [-0.2, 0) is 0 Å². The lowest BCUT2D eigenvalue weighted by atomic mass is 10.2. The molecule has 28 heavy (non-hydrogen) atoms. The summed E-state index contributed by atoms with van der Waals surface area (Å²) in [5.41, 5.74) is 1.73. The molecule has 3 rings (SSSR count). The molecule has 1 heterocycles. The highest BCUT2D eigenvalue weighted by Crippen LogP contribution is 2.22. The number of halogens is 1. The average Bonchev–Trinajstić information content (AvgIpc) is 2.74. The Hall–Kier alpha value is -2.44. The second kappa shape index (κ2) is 9.66. The first-order valence-corrected chi connectivity index (χ1v) is 9.71. The van der Waals surface area contributed by atoms with Crippen molar-refractivity contribution in [1.82, 2.24) is 10.2 Å². The smallest absolute Gasteiger partial charge is 0.251 e. The van der Waals surface area contributed by atoms with Crippen molar-refractivity contribution in [3.63, 3.8) is 0 Å². The number of rotatable bonds is 7. The molecule has 1 aliphatic heterocycles. The largest absolute Gasteiger partial charge is 0.497 e. The summed E-state index contributed by atoms with van der Waals surface area (Å²) in [4.78, 5) is 17.1. The summed E-state index contributed by atoms with van der Waals surface area (Å²) in [6, 6.07) is 13.1. The van der Waals surface area contributed by atoms with E-state index in [-0.39, 0.29) is 5.91 Å². The highest BCUT2D eigenvalue weighted by atomic mass is 35.5. The first-order valence-electron chi connectivity index (χ1n) is 9.33. The van der Waals surface area contributed by atoms with Crippen molar-refractivity contribution in [1.29, 1.82) is 0 Å². The molecule has 7 heteroatoms. The van der Waals surface area contributed by atoms with E-state index in [0.29, 0.717) is 23.6 Å². The van der Waals surface area contributed by atoms with Crippen LogP contribution >= 0.6 is 11.6 Å². The number of anilines is 1. The van der Waals surface area contributed by atoms with Crippen LogP contribution in [0.5, 0.6) is 11.5 Å². The fourth-order valence-corrected chi connectivity index (χ4v) is 3.38. The molecule has 0 unspecified atom stereocenters. The number of nitrogens with one attached hydrogen (secondary N) is 1. The van der Waals surface area contributed by atoms with Crippen molar-refractivity contribution in [2.45, 2.75) is 0 Å². The van der Waals surface area contributed by atoms with Gasteiger partial charge in [-0.2, -0.15) is 0 Å². The van der Waals surface area contributed by atoms with Crippen molar-refractivity contribution >= 4 is 23.2 Å². The quantitative estimate of drug-likeness (QED) is 0.770. The van der Waals surface area contributed by atoms with E-state index in [2.05, 4.69) is 27.2 Å². The van der Waals surface area contributed by atoms with Gasteiger partial charge in [0.25, 0.3) is 5.91 Å². The fraction of sp³-hybridized carbons (Fsp3) is 0.381. The molecule has 2 aromatic rings. The minimum Gasteiger partial charge on any atom is -0.497 e. The lowest BCUT2D eigenvalue weighted by molar-refractivity contribution is 0.0947. The Morgan fingerprint density at radius 3 is 2.18 bits per heavy atom. The Balaban J connectivity index is 1.44. The summed E-state index contributed by atoms with van der Waals surface area (Å²) in [6.07, 6.45) is 0. The molecular formula is C21H26ClN3O3. The van der Waals surface area contributed by atoms with Crippen molar-refractivity contribution < 1.29 is 14.3 Å². The number of ether oxygens (including phenoxy) is 2. The van der Waals surface area contributed by atoms with Gasteiger partial charge in [-0.05, 0) is 36.4 Å². The van der Waals surface area contributed by atoms with Crippen LogP contribution in [0.25, 0.3) is 0 Å². The summed E-state index contributed by atoms with van der Waals surface area (Å²) in [5.74, 6) is 1.07. The number of hydrogen-bond donors (Lipinski definition) is 1. The first-order chi connectivity index (χ1) is 13.6. The van der Waals surface area contributed by atoms with Gasteiger partial charge >= 0.3 is 0 Å². The molecule has 1 fully saturated rings. The van der Waals surface area contributed by atoms with Gasteiger partial charge in [0.15, 0.2) is 0 Å². The molecule has 0 spiro atoms. The van der Waals surface area contributed by atoms with Gasteiger partial charge in [-0.1, -0.05) is 11.6 Å². The maximum Gasteiger partial charge on any atom is 0.251 e. The summed E-state index contributed by atoms with van der Waals surface area (Å²) < 4.78 is 10.4. The van der Waals surface area contributed by atoms with Crippen LogP contribution in [0, 0.1) is 0 Å². The highest BCUT2D eigenvalue weighted by molar-refractivity contribution is 6.30. The second-order valence-electron chi connectivity index (χ2n) is 6.66. The van der Waals surface area contributed by atoms with Crippen molar-refractivity contribution in [2.24, 2.45) is 0 Å². The molecule has 1 saturated heterocycles. The van der Waals surface area contributed by atoms with E-state index in [0.717, 1.165) is 37.7 Å². The van der Waals surface area contributed by atoms with E-state index in [1.165, 1.54) is 5.69 Å². The standard InChI is InChI=1S/C21H26ClN3O3/c1-27-19-13-16(14-20(15-19)28-2)21(26)23-7-8-24-9-11-25(12-10-24)18-5-3-17(22)4-6-18/h3-6,13-15H,7-12H2,1-2H3,(H,23,26). The molecule has 0 bridgehead atoms. The van der Waals surface area contributed by atoms with Crippen LogP contribution in [0.15, 0.2) is 42.5 Å². The average molecular weight is 404 g/mol. The third-order valence-corrected chi connectivity index (χ3v) is 5.14.